The molecule has 8 nitrogen and oxygen atoms in total. The number of carbonyl (C=O) groups excluding carboxylic acids is 3. The van der Waals surface area contributed by atoms with E-state index in [-0.39, 0.29) is 17.7 Å². The van der Waals surface area contributed by atoms with Crippen molar-refractivity contribution in [1.29, 1.82) is 0 Å². The van der Waals surface area contributed by atoms with Crippen molar-refractivity contribution in [3.63, 3.8) is 0 Å². The third kappa shape index (κ3) is 5.07. The van der Waals surface area contributed by atoms with Crippen LogP contribution in [0.5, 0.6) is 0 Å². The molecule has 1 fully saturated rings. The zero-order valence-corrected chi connectivity index (χ0v) is 18.4. The highest BCUT2D eigenvalue weighted by atomic mass is 16.3. The third-order valence-corrected chi connectivity index (χ3v) is 5.52. The minimum absolute atomic E-state index is 0.0679. The summed E-state index contributed by atoms with van der Waals surface area (Å²) in [7, 11) is 0. The topological polar surface area (TPSA) is 86.1 Å². The number of nitrogens with zero attached hydrogens (tertiary/aromatic N) is 3. The third-order valence-electron chi connectivity index (χ3n) is 5.52. The summed E-state index contributed by atoms with van der Waals surface area (Å²) in [6.07, 6.45) is 1.86. The van der Waals surface area contributed by atoms with Gasteiger partial charge in [0, 0.05) is 57.1 Å². The van der Waals surface area contributed by atoms with E-state index in [1.54, 1.807) is 34.9 Å². The van der Waals surface area contributed by atoms with Gasteiger partial charge in [0.1, 0.15) is 0 Å². The molecule has 1 aromatic heterocycles. The Morgan fingerprint density at radius 2 is 1.74 bits per heavy atom. The van der Waals surface area contributed by atoms with E-state index in [0.717, 1.165) is 5.69 Å². The maximum Gasteiger partial charge on any atom is 0.289 e. The normalized spacial score (nSPS) is 13.8. The Morgan fingerprint density at radius 1 is 1.03 bits per heavy atom. The van der Waals surface area contributed by atoms with Gasteiger partial charge in [-0.15, -0.1) is 0 Å². The summed E-state index contributed by atoms with van der Waals surface area (Å²) in [4.78, 5) is 43.2. The molecule has 166 valence electrons. The van der Waals surface area contributed by atoms with E-state index in [1.165, 1.54) is 6.26 Å². The standard InChI is InChI=1S/C23H30N4O4/c1-4-21(28)24-17-9-10-19(18(16-17)22(29)25(5-2)6-3)26-11-13-27(14-12-26)23(30)20-8-7-15-31-20/h7-10,15-16H,4-6,11-14H2,1-3H3,(H,24,28). The highest BCUT2D eigenvalue weighted by Crippen LogP contribution is 2.27. The quantitative estimate of drug-likeness (QED) is 0.735. The fourth-order valence-electron chi connectivity index (χ4n) is 3.70. The fourth-order valence-corrected chi connectivity index (χ4v) is 3.70. The van der Waals surface area contributed by atoms with Crippen LogP contribution in [0.1, 0.15) is 48.1 Å². The molecular formula is C23H30N4O4. The summed E-state index contributed by atoms with van der Waals surface area (Å²) in [5.41, 5.74) is 1.98. The van der Waals surface area contributed by atoms with E-state index in [1.807, 2.05) is 26.0 Å². The highest BCUT2D eigenvalue weighted by molar-refractivity contribution is 6.02. The first kappa shape index (κ1) is 22.4. The average molecular weight is 427 g/mol. The van der Waals surface area contributed by atoms with Crippen molar-refractivity contribution < 1.29 is 18.8 Å². The number of piperazine rings is 1. The Kier molecular flexibility index (Phi) is 7.33. The van der Waals surface area contributed by atoms with E-state index in [4.69, 9.17) is 4.42 Å². The second kappa shape index (κ2) is 10.1. The largest absolute Gasteiger partial charge is 0.459 e. The van der Waals surface area contributed by atoms with E-state index in [9.17, 15) is 14.4 Å². The lowest BCUT2D eigenvalue weighted by Crippen LogP contribution is -2.49. The predicted octanol–water partition coefficient (Wildman–Crippen LogP) is 3.07. The Hall–Kier alpha value is -3.29. The first-order chi connectivity index (χ1) is 15.0. The van der Waals surface area contributed by atoms with E-state index in [2.05, 4.69) is 10.2 Å². The number of nitrogens with one attached hydrogen (secondary N) is 1. The maximum atomic E-state index is 13.2. The van der Waals surface area contributed by atoms with E-state index >= 15 is 0 Å². The Morgan fingerprint density at radius 3 is 2.32 bits per heavy atom. The zero-order valence-electron chi connectivity index (χ0n) is 18.4. The number of rotatable bonds is 7. The molecule has 1 saturated heterocycles. The molecule has 0 spiro atoms. The van der Waals surface area contributed by atoms with Gasteiger partial charge in [0.05, 0.1) is 11.8 Å². The highest BCUT2D eigenvalue weighted by Gasteiger charge is 2.27. The second-order valence-corrected chi connectivity index (χ2v) is 7.37. The lowest BCUT2D eigenvalue weighted by atomic mass is 10.1. The van der Waals surface area contributed by atoms with Crippen LogP contribution in [0.2, 0.25) is 0 Å². The Bertz CT molecular complexity index is 914. The van der Waals surface area contributed by atoms with Crippen LogP contribution < -0.4 is 10.2 Å². The van der Waals surface area contributed by atoms with E-state index in [0.29, 0.717) is 62.7 Å². The van der Waals surface area contributed by atoms with Crippen LogP contribution in [0.4, 0.5) is 11.4 Å². The van der Waals surface area contributed by atoms with Gasteiger partial charge in [0.25, 0.3) is 11.8 Å². The number of hydrogen-bond acceptors (Lipinski definition) is 5. The molecule has 8 heteroatoms. The van der Waals surface area contributed by atoms with E-state index < -0.39 is 0 Å². The van der Waals surface area contributed by atoms with Crippen molar-refractivity contribution in [2.24, 2.45) is 0 Å². The van der Waals surface area contributed by atoms with Gasteiger partial charge < -0.3 is 24.4 Å². The SMILES string of the molecule is CCC(=O)Nc1ccc(N2CCN(C(=O)c3ccco3)CC2)c(C(=O)N(CC)CC)c1. The summed E-state index contributed by atoms with van der Waals surface area (Å²) in [6.45, 7) is 9.16. The molecule has 2 heterocycles. The van der Waals surface area contributed by atoms with Crippen LogP contribution in [0.15, 0.2) is 41.0 Å². The molecule has 0 atom stereocenters. The number of amides is 3. The minimum atomic E-state index is -0.123. The summed E-state index contributed by atoms with van der Waals surface area (Å²) in [5.74, 6) is 0.0457. The van der Waals surface area contributed by atoms with Gasteiger partial charge in [-0.05, 0) is 44.2 Å². The molecule has 3 amide bonds. The van der Waals surface area contributed by atoms with Crippen LogP contribution in [0.25, 0.3) is 0 Å². The molecule has 1 aromatic carbocycles. The number of carbonyl (C=O) groups is 3. The van der Waals surface area contributed by atoms with Crippen LogP contribution in [-0.2, 0) is 4.79 Å². The van der Waals surface area contributed by atoms with Gasteiger partial charge in [-0.3, -0.25) is 14.4 Å². The van der Waals surface area contributed by atoms with Crippen molar-refractivity contribution in [1.82, 2.24) is 9.80 Å². The monoisotopic (exact) mass is 426 g/mol. The maximum absolute atomic E-state index is 13.2. The van der Waals surface area contributed by atoms with Crippen LogP contribution >= 0.6 is 0 Å². The van der Waals surface area contributed by atoms with Gasteiger partial charge >= 0.3 is 0 Å². The van der Waals surface area contributed by atoms with Crippen molar-refractivity contribution in [2.45, 2.75) is 27.2 Å². The molecule has 0 unspecified atom stereocenters. The van der Waals surface area contributed by atoms with Crippen LogP contribution in [0.3, 0.4) is 0 Å². The average Bonchev–Trinajstić information content (AvgIpc) is 3.34. The van der Waals surface area contributed by atoms with Gasteiger partial charge in [0.15, 0.2) is 5.76 Å². The van der Waals surface area contributed by atoms with Crippen LogP contribution in [-0.4, -0.2) is 66.8 Å². The molecule has 2 aromatic rings. The number of furan rings is 1. The van der Waals surface area contributed by atoms with Crippen molar-refractivity contribution >= 4 is 29.1 Å². The van der Waals surface area contributed by atoms with Crippen molar-refractivity contribution in [3.05, 3.63) is 47.9 Å². The van der Waals surface area contributed by atoms with Gasteiger partial charge in [-0.1, -0.05) is 6.92 Å². The first-order valence-corrected chi connectivity index (χ1v) is 10.8. The van der Waals surface area contributed by atoms with Gasteiger partial charge in [0.2, 0.25) is 5.91 Å². The first-order valence-electron chi connectivity index (χ1n) is 10.8. The second-order valence-electron chi connectivity index (χ2n) is 7.37. The summed E-state index contributed by atoms with van der Waals surface area (Å²) in [6, 6.07) is 8.82. The summed E-state index contributed by atoms with van der Waals surface area (Å²) >= 11 is 0. The van der Waals surface area contributed by atoms with Gasteiger partial charge in [-0.25, -0.2) is 0 Å². The molecular weight excluding hydrogens is 396 g/mol. The Balaban J connectivity index is 1.81. The molecule has 0 saturated carbocycles. The van der Waals surface area contributed by atoms with Crippen molar-refractivity contribution in [2.75, 3.05) is 49.5 Å². The molecule has 1 aliphatic rings. The number of hydrogen-bond donors (Lipinski definition) is 1. The van der Waals surface area contributed by atoms with Crippen molar-refractivity contribution in [3.8, 4) is 0 Å². The molecule has 0 aliphatic carbocycles. The molecule has 3 rings (SSSR count). The fraction of sp³-hybridized carbons (Fsp3) is 0.435. The predicted molar refractivity (Wildman–Crippen MR) is 119 cm³/mol. The zero-order chi connectivity index (χ0) is 22.4. The van der Waals surface area contributed by atoms with Crippen LogP contribution in [0, 0.1) is 0 Å². The number of anilines is 2. The molecule has 31 heavy (non-hydrogen) atoms. The smallest absolute Gasteiger partial charge is 0.289 e. The lowest BCUT2D eigenvalue weighted by Gasteiger charge is -2.37. The van der Waals surface area contributed by atoms with Gasteiger partial charge in [-0.2, -0.15) is 0 Å². The molecule has 1 N–H and O–H groups in total. The Labute approximate surface area is 182 Å². The molecule has 1 aliphatic heterocycles. The number of benzene rings is 1. The lowest BCUT2D eigenvalue weighted by molar-refractivity contribution is -0.115. The minimum Gasteiger partial charge on any atom is -0.459 e. The summed E-state index contributed by atoms with van der Waals surface area (Å²) < 4.78 is 5.23. The molecule has 0 bridgehead atoms. The molecule has 0 radical (unpaired) electrons. The summed E-state index contributed by atoms with van der Waals surface area (Å²) in [5, 5.41) is 2.84.